The van der Waals surface area contributed by atoms with Gasteiger partial charge in [-0.2, -0.15) is 0 Å². The van der Waals surface area contributed by atoms with Crippen LogP contribution in [0.3, 0.4) is 0 Å². The van der Waals surface area contributed by atoms with Crippen molar-refractivity contribution in [3.63, 3.8) is 0 Å². The summed E-state index contributed by atoms with van der Waals surface area (Å²) in [7, 11) is 1.58. The van der Waals surface area contributed by atoms with Crippen LogP contribution in [0.15, 0.2) is 0 Å². The Labute approximate surface area is 119 Å². The predicted octanol–water partition coefficient (Wildman–Crippen LogP) is 0.669. The highest BCUT2D eigenvalue weighted by Gasteiger charge is 2.21. The third-order valence-electron chi connectivity index (χ3n) is 3.16. The number of hydrogen-bond acceptors (Lipinski definition) is 4. The van der Waals surface area contributed by atoms with Crippen molar-refractivity contribution < 1.29 is 24.5 Å². The van der Waals surface area contributed by atoms with Crippen LogP contribution >= 0.6 is 0 Å². The van der Waals surface area contributed by atoms with E-state index in [1.165, 1.54) is 0 Å². The minimum absolute atomic E-state index is 0.0118. The van der Waals surface area contributed by atoms with Crippen molar-refractivity contribution in [3.8, 4) is 0 Å². The van der Waals surface area contributed by atoms with Gasteiger partial charge in [0.05, 0.1) is 6.61 Å². The molecule has 0 aliphatic carbocycles. The zero-order valence-electron chi connectivity index (χ0n) is 12.5. The summed E-state index contributed by atoms with van der Waals surface area (Å²) in [5, 5.41) is 20.3. The van der Waals surface area contributed by atoms with E-state index >= 15 is 0 Å². The van der Waals surface area contributed by atoms with Crippen LogP contribution in [-0.4, -0.2) is 66.1 Å². The fourth-order valence-electron chi connectivity index (χ4n) is 1.91. The maximum atomic E-state index is 12.1. The summed E-state index contributed by atoms with van der Waals surface area (Å²) < 4.78 is 5.00. The molecule has 0 radical (unpaired) electrons. The summed E-state index contributed by atoms with van der Waals surface area (Å²) in [5.74, 6) is -1.28. The summed E-state index contributed by atoms with van der Waals surface area (Å²) >= 11 is 0. The largest absolute Gasteiger partial charge is 0.479 e. The van der Waals surface area contributed by atoms with Crippen LogP contribution in [0.25, 0.3) is 0 Å². The number of urea groups is 1. The normalized spacial score (nSPS) is 12.2. The highest BCUT2D eigenvalue weighted by atomic mass is 16.5. The number of nitrogens with zero attached hydrogens (tertiary/aromatic N) is 1. The van der Waals surface area contributed by atoms with Gasteiger partial charge in [-0.15, -0.1) is 0 Å². The zero-order valence-corrected chi connectivity index (χ0v) is 12.5. The van der Waals surface area contributed by atoms with Crippen LogP contribution in [0, 0.1) is 0 Å². The van der Waals surface area contributed by atoms with E-state index in [0.717, 1.165) is 12.8 Å². The maximum Gasteiger partial charge on any atom is 0.332 e. The van der Waals surface area contributed by atoms with Gasteiger partial charge in [0.2, 0.25) is 0 Å². The second kappa shape index (κ2) is 10.4. The quantitative estimate of drug-likeness (QED) is 0.549. The van der Waals surface area contributed by atoms with Crippen molar-refractivity contribution in [3.05, 3.63) is 0 Å². The molecule has 0 aromatic heterocycles. The molecule has 0 aliphatic rings. The monoisotopic (exact) mass is 290 g/mol. The topological polar surface area (TPSA) is 99.1 Å². The van der Waals surface area contributed by atoms with Gasteiger partial charge in [0, 0.05) is 32.7 Å². The highest BCUT2D eigenvalue weighted by Crippen LogP contribution is 2.08. The third-order valence-corrected chi connectivity index (χ3v) is 3.16. The lowest BCUT2D eigenvalue weighted by molar-refractivity contribution is -0.146. The Kier molecular flexibility index (Phi) is 9.75. The number of aliphatic carboxylic acids is 1. The molecule has 0 saturated heterocycles. The first-order valence-corrected chi connectivity index (χ1v) is 6.92. The molecule has 0 aromatic rings. The summed E-state index contributed by atoms with van der Waals surface area (Å²) in [6.07, 6.45) is 0.217. The van der Waals surface area contributed by atoms with E-state index in [1.54, 1.807) is 12.0 Å². The van der Waals surface area contributed by atoms with Crippen LogP contribution in [0.5, 0.6) is 0 Å². The molecule has 0 aromatic carbocycles. The van der Waals surface area contributed by atoms with Crippen LogP contribution in [-0.2, 0) is 9.53 Å². The lowest BCUT2D eigenvalue weighted by atomic mass is 10.1. The molecule has 1 unspecified atom stereocenters. The van der Waals surface area contributed by atoms with E-state index < -0.39 is 12.1 Å². The molecule has 0 rings (SSSR count). The number of carbonyl (C=O) groups excluding carboxylic acids is 1. The number of aliphatic hydroxyl groups excluding tert-OH is 1. The Morgan fingerprint density at radius 1 is 1.30 bits per heavy atom. The molecule has 0 saturated carbocycles. The van der Waals surface area contributed by atoms with Crippen molar-refractivity contribution in [2.24, 2.45) is 0 Å². The van der Waals surface area contributed by atoms with Crippen LogP contribution in [0.2, 0.25) is 0 Å². The maximum absolute atomic E-state index is 12.1. The first-order chi connectivity index (χ1) is 9.47. The molecular formula is C13H26N2O5. The molecule has 118 valence electrons. The number of carboxylic acids is 1. The van der Waals surface area contributed by atoms with Gasteiger partial charge >= 0.3 is 12.0 Å². The Hall–Kier alpha value is -1.34. The Balaban J connectivity index is 4.36. The number of amides is 2. The van der Waals surface area contributed by atoms with E-state index in [-0.39, 0.29) is 25.0 Å². The van der Waals surface area contributed by atoms with E-state index in [9.17, 15) is 9.59 Å². The predicted molar refractivity (Wildman–Crippen MR) is 74.6 cm³/mol. The van der Waals surface area contributed by atoms with Crippen molar-refractivity contribution in [2.75, 3.05) is 26.8 Å². The SMILES string of the molecule is CCC(CC)N(CCOC)C(=O)NCCC(O)C(=O)O. The summed E-state index contributed by atoms with van der Waals surface area (Å²) in [6, 6.07) is -0.136. The van der Waals surface area contributed by atoms with E-state index in [0.29, 0.717) is 13.2 Å². The minimum atomic E-state index is -1.45. The van der Waals surface area contributed by atoms with Gasteiger partial charge in [-0.3, -0.25) is 0 Å². The first-order valence-electron chi connectivity index (χ1n) is 6.92. The van der Waals surface area contributed by atoms with Gasteiger partial charge < -0.3 is 25.2 Å². The fraction of sp³-hybridized carbons (Fsp3) is 0.846. The number of carboxylic acid groups (broad SMARTS) is 1. The van der Waals surface area contributed by atoms with Gasteiger partial charge in [0.1, 0.15) is 0 Å². The second-order valence-corrected chi connectivity index (χ2v) is 4.53. The van der Waals surface area contributed by atoms with Crippen LogP contribution in [0.1, 0.15) is 33.1 Å². The molecule has 1 atom stereocenters. The van der Waals surface area contributed by atoms with E-state index in [2.05, 4.69) is 5.32 Å². The molecule has 3 N–H and O–H groups in total. The highest BCUT2D eigenvalue weighted by molar-refractivity contribution is 5.75. The molecule has 7 heteroatoms. The van der Waals surface area contributed by atoms with Crippen molar-refractivity contribution in [1.29, 1.82) is 0 Å². The first kappa shape index (κ1) is 18.7. The third kappa shape index (κ3) is 6.72. The van der Waals surface area contributed by atoms with Crippen molar-refractivity contribution in [1.82, 2.24) is 10.2 Å². The van der Waals surface area contributed by atoms with Gasteiger partial charge in [0.25, 0.3) is 0 Å². The standard InChI is InChI=1S/C13H26N2O5/c1-4-10(5-2)15(8-9-20-3)13(19)14-7-6-11(16)12(17)18/h10-11,16H,4-9H2,1-3H3,(H,14,19)(H,17,18). The Bertz CT molecular complexity index is 294. The lowest BCUT2D eigenvalue weighted by Crippen LogP contribution is -2.48. The average molecular weight is 290 g/mol. The number of hydrogen-bond donors (Lipinski definition) is 3. The molecule has 20 heavy (non-hydrogen) atoms. The van der Waals surface area contributed by atoms with E-state index in [1.807, 2.05) is 13.8 Å². The average Bonchev–Trinajstić information content (AvgIpc) is 2.42. The molecule has 0 fully saturated rings. The molecule has 0 spiro atoms. The number of aliphatic hydroxyl groups is 1. The minimum Gasteiger partial charge on any atom is -0.479 e. The lowest BCUT2D eigenvalue weighted by Gasteiger charge is -2.30. The fourth-order valence-corrected chi connectivity index (χ4v) is 1.91. The van der Waals surface area contributed by atoms with Gasteiger partial charge in [-0.05, 0) is 12.8 Å². The van der Waals surface area contributed by atoms with Crippen LogP contribution in [0.4, 0.5) is 4.79 Å². The molecule has 0 aliphatic heterocycles. The summed E-state index contributed by atoms with van der Waals surface area (Å²) in [6.45, 7) is 5.07. The second-order valence-electron chi connectivity index (χ2n) is 4.53. The zero-order chi connectivity index (χ0) is 15.5. The van der Waals surface area contributed by atoms with Crippen LogP contribution < -0.4 is 5.32 Å². The summed E-state index contributed by atoms with van der Waals surface area (Å²) in [4.78, 5) is 24.2. The van der Waals surface area contributed by atoms with Gasteiger partial charge in [0.15, 0.2) is 6.10 Å². The van der Waals surface area contributed by atoms with E-state index in [4.69, 9.17) is 14.9 Å². The molecule has 0 heterocycles. The smallest absolute Gasteiger partial charge is 0.332 e. The molecular weight excluding hydrogens is 264 g/mol. The number of rotatable bonds is 10. The summed E-state index contributed by atoms with van der Waals surface area (Å²) in [5.41, 5.74) is 0. The Morgan fingerprint density at radius 2 is 1.90 bits per heavy atom. The number of ether oxygens (including phenoxy) is 1. The van der Waals surface area contributed by atoms with Gasteiger partial charge in [-0.1, -0.05) is 13.8 Å². The number of carbonyl (C=O) groups is 2. The molecule has 2 amide bonds. The number of nitrogens with one attached hydrogen (secondary N) is 1. The molecule has 7 nitrogen and oxygen atoms in total. The van der Waals surface area contributed by atoms with Crippen molar-refractivity contribution >= 4 is 12.0 Å². The number of methoxy groups -OCH3 is 1. The molecule has 0 bridgehead atoms. The van der Waals surface area contributed by atoms with Gasteiger partial charge in [-0.25, -0.2) is 9.59 Å². The van der Waals surface area contributed by atoms with Crippen molar-refractivity contribution in [2.45, 2.75) is 45.3 Å². The Morgan fingerprint density at radius 3 is 2.35 bits per heavy atom.